The molecule has 2 heterocycles. The fourth-order valence-corrected chi connectivity index (χ4v) is 4.09. The molecule has 0 unspecified atom stereocenters. The molecule has 172 valence electrons. The number of ether oxygens (including phenoxy) is 1. The second-order valence-corrected chi connectivity index (χ2v) is 8.06. The van der Waals surface area contributed by atoms with Crippen LogP contribution in [0.3, 0.4) is 0 Å². The van der Waals surface area contributed by atoms with Crippen molar-refractivity contribution in [3.05, 3.63) is 59.3 Å². The van der Waals surface area contributed by atoms with Crippen molar-refractivity contribution in [2.45, 2.75) is 26.8 Å². The van der Waals surface area contributed by atoms with Crippen molar-refractivity contribution in [1.82, 2.24) is 20.0 Å². The predicted octanol–water partition coefficient (Wildman–Crippen LogP) is 2.23. The number of urea groups is 1. The van der Waals surface area contributed by atoms with Crippen LogP contribution >= 0.6 is 0 Å². The van der Waals surface area contributed by atoms with Crippen LogP contribution in [0.5, 0.6) is 0 Å². The Morgan fingerprint density at radius 2 is 1.84 bits per heavy atom. The lowest BCUT2D eigenvalue weighted by Gasteiger charge is -2.40. The second kappa shape index (κ2) is 10.5. The molecule has 2 aliphatic heterocycles. The van der Waals surface area contributed by atoms with Gasteiger partial charge in [-0.25, -0.2) is 9.59 Å². The number of carbonyl (C=O) groups excluding carboxylic acids is 3. The molecule has 3 rings (SSSR count). The highest BCUT2D eigenvalue weighted by atomic mass is 16.5. The van der Waals surface area contributed by atoms with Crippen molar-refractivity contribution >= 4 is 17.9 Å². The standard InChI is InChI=1S/C24H32N4O4/c1-5-11-28-20(16-26-12-14-27(15-13-26)18(4)29)21(23(30)32-6-2)22(25-24(28)31)19-9-7-17(3)8-10-19/h5,7-10,22H,1,6,11-16H2,2-4H3,(H,25,31)/t22-/m1/s1. The van der Waals surface area contributed by atoms with Crippen LogP contribution in [0.1, 0.15) is 31.0 Å². The summed E-state index contributed by atoms with van der Waals surface area (Å²) >= 11 is 0. The second-order valence-electron chi connectivity index (χ2n) is 8.06. The summed E-state index contributed by atoms with van der Waals surface area (Å²) in [5.41, 5.74) is 2.97. The first-order valence-corrected chi connectivity index (χ1v) is 11.0. The fraction of sp³-hybridized carbons (Fsp3) is 0.458. The summed E-state index contributed by atoms with van der Waals surface area (Å²) in [6.07, 6.45) is 1.64. The van der Waals surface area contributed by atoms with Gasteiger partial charge in [-0.05, 0) is 19.4 Å². The summed E-state index contributed by atoms with van der Waals surface area (Å²) in [5.74, 6) is -0.384. The molecular weight excluding hydrogens is 408 g/mol. The Hall–Kier alpha value is -3.13. The van der Waals surface area contributed by atoms with Gasteiger partial charge in [-0.3, -0.25) is 14.6 Å². The first kappa shape index (κ1) is 23.5. The van der Waals surface area contributed by atoms with Crippen LogP contribution in [0.2, 0.25) is 0 Å². The van der Waals surface area contributed by atoms with Crippen LogP contribution in [0.15, 0.2) is 48.2 Å². The van der Waals surface area contributed by atoms with E-state index in [9.17, 15) is 14.4 Å². The molecule has 32 heavy (non-hydrogen) atoms. The zero-order valence-corrected chi connectivity index (χ0v) is 19.1. The van der Waals surface area contributed by atoms with Gasteiger partial charge < -0.3 is 15.0 Å². The van der Waals surface area contributed by atoms with Crippen LogP contribution in [0.4, 0.5) is 4.79 Å². The molecule has 8 nitrogen and oxygen atoms in total. The summed E-state index contributed by atoms with van der Waals surface area (Å²) in [6, 6.07) is 6.89. The number of hydrogen-bond donors (Lipinski definition) is 1. The van der Waals surface area contributed by atoms with Crippen molar-refractivity contribution in [2.24, 2.45) is 0 Å². The van der Waals surface area contributed by atoms with E-state index in [2.05, 4.69) is 16.8 Å². The van der Waals surface area contributed by atoms with E-state index in [4.69, 9.17) is 4.74 Å². The van der Waals surface area contributed by atoms with E-state index >= 15 is 0 Å². The number of esters is 1. The Morgan fingerprint density at radius 1 is 1.19 bits per heavy atom. The third-order valence-electron chi connectivity index (χ3n) is 5.85. The molecule has 0 aromatic heterocycles. The number of rotatable bonds is 7. The molecule has 0 bridgehead atoms. The van der Waals surface area contributed by atoms with E-state index in [0.29, 0.717) is 44.0 Å². The smallest absolute Gasteiger partial charge is 0.338 e. The summed E-state index contributed by atoms with van der Waals surface area (Å²) in [7, 11) is 0. The third kappa shape index (κ3) is 5.19. The number of nitrogens with one attached hydrogen (secondary N) is 1. The SMILES string of the molecule is C=CCN1C(=O)N[C@H](c2ccc(C)cc2)C(C(=O)OCC)=C1CN1CCN(C(C)=O)CC1. The molecule has 1 atom stereocenters. The number of aryl methyl sites for hydroxylation is 1. The molecule has 1 aromatic rings. The van der Waals surface area contributed by atoms with Crippen LogP contribution < -0.4 is 5.32 Å². The topological polar surface area (TPSA) is 82.2 Å². The number of nitrogens with zero attached hydrogens (tertiary/aromatic N) is 3. The fourth-order valence-electron chi connectivity index (χ4n) is 4.09. The van der Waals surface area contributed by atoms with E-state index in [1.807, 2.05) is 31.2 Å². The van der Waals surface area contributed by atoms with Crippen LogP contribution in [0, 0.1) is 6.92 Å². The molecule has 8 heteroatoms. The van der Waals surface area contributed by atoms with E-state index in [1.54, 1.807) is 29.7 Å². The van der Waals surface area contributed by atoms with Crippen LogP contribution in [-0.2, 0) is 14.3 Å². The number of carbonyl (C=O) groups is 3. The zero-order chi connectivity index (χ0) is 23.3. The maximum Gasteiger partial charge on any atom is 0.338 e. The van der Waals surface area contributed by atoms with Gasteiger partial charge in [-0.1, -0.05) is 35.9 Å². The first-order valence-electron chi connectivity index (χ1n) is 11.0. The van der Waals surface area contributed by atoms with Crippen molar-refractivity contribution in [3.63, 3.8) is 0 Å². The number of amides is 3. The maximum absolute atomic E-state index is 13.1. The summed E-state index contributed by atoms with van der Waals surface area (Å²) in [4.78, 5) is 43.4. The molecule has 3 amide bonds. The van der Waals surface area contributed by atoms with Crippen LogP contribution in [0.25, 0.3) is 0 Å². The highest BCUT2D eigenvalue weighted by Gasteiger charge is 2.38. The number of benzene rings is 1. The molecule has 2 aliphatic rings. The lowest BCUT2D eigenvalue weighted by Crippen LogP contribution is -2.53. The number of hydrogen-bond acceptors (Lipinski definition) is 5. The predicted molar refractivity (Wildman–Crippen MR) is 122 cm³/mol. The molecule has 1 saturated heterocycles. The first-order chi connectivity index (χ1) is 15.3. The van der Waals surface area contributed by atoms with Crippen molar-refractivity contribution in [3.8, 4) is 0 Å². The van der Waals surface area contributed by atoms with E-state index in [0.717, 1.165) is 11.1 Å². The van der Waals surface area contributed by atoms with Crippen molar-refractivity contribution in [1.29, 1.82) is 0 Å². The van der Waals surface area contributed by atoms with E-state index in [1.165, 1.54) is 0 Å². The highest BCUT2D eigenvalue weighted by Crippen LogP contribution is 2.32. The molecule has 1 N–H and O–H groups in total. The van der Waals surface area contributed by atoms with Crippen molar-refractivity contribution in [2.75, 3.05) is 45.9 Å². The average molecular weight is 441 g/mol. The molecule has 1 fully saturated rings. The summed E-state index contributed by atoms with van der Waals surface area (Å²) < 4.78 is 5.41. The van der Waals surface area contributed by atoms with E-state index in [-0.39, 0.29) is 25.1 Å². The molecule has 0 aliphatic carbocycles. The lowest BCUT2D eigenvalue weighted by atomic mass is 9.93. The Labute approximate surface area is 189 Å². The monoisotopic (exact) mass is 440 g/mol. The van der Waals surface area contributed by atoms with Gasteiger partial charge in [0.25, 0.3) is 0 Å². The minimum absolute atomic E-state index is 0.0563. The highest BCUT2D eigenvalue weighted by molar-refractivity contribution is 5.95. The maximum atomic E-state index is 13.1. The lowest BCUT2D eigenvalue weighted by molar-refractivity contribution is -0.139. The quantitative estimate of drug-likeness (QED) is 0.519. The van der Waals surface area contributed by atoms with E-state index < -0.39 is 12.0 Å². The average Bonchev–Trinajstić information content (AvgIpc) is 2.77. The zero-order valence-electron chi connectivity index (χ0n) is 19.1. The minimum atomic E-state index is -0.600. The summed E-state index contributed by atoms with van der Waals surface area (Å²) in [6.45, 7) is 12.6. The Kier molecular flexibility index (Phi) is 7.69. The Morgan fingerprint density at radius 3 is 2.41 bits per heavy atom. The molecule has 0 radical (unpaired) electrons. The largest absolute Gasteiger partial charge is 0.463 e. The van der Waals surface area contributed by atoms with Gasteiger partial charge in [0, 0.05) is 51.9 Å². The molecule has 0 spiro atoms. The number of piperazine rings is 1. The van der Waals surface area contributed by atoms with Gasteiger partial charge in [0.2, 0.25) is 5.91 Å². The van der Waals surface area contributed by atoms with Gasteiger partial charge in [0.15, 0.2) is 0 Å². The van der Waals surface area contributed by atoms with Crippen LogP contribution in [-0.4, -0.2) is 78.5 Å². The van der Waals surface area contributed by atoms with Gasteiger partial charge in [0.1, 0.15) is 0 Å². The third-order valence-corrected chi connectivity index (χ3v) is 5.85. The van der Waals surface area contributed by atoms with Gasteiger partial charge in [0.05, 0.1) is 18.2 Å². The Bertz CT molecular complexity index is 901. The van der Waals surface area contributed by atoms with Crippen molar-refractivity contribution < 1.29 is 19.1 Å². The van der Waals surface area contributed by atoms with Gasteiger partial charge in [-0.15, -0.1) is 6.58 Å². The molecular formula is C24H32N4O4. The Balaban J connectivity index is 2.02. The summed E-state index contributed by atoms with van der Waals surface area (Å²) in [5, 5.41) is 2.97. The normalized spacial score (nSPS) is 19.6. The van der Waals surface area contributed by atoms with Gasteiger partial charge >= 0.3 is 12.0 Å². The molecule has 1 aromatic carbocycles. The molecule has 0 saturated carbocycles. The van der Waals surface area contributed by atoms with Gasteiger partial charge in [-0.2, -0.15) is 0 Å². The minimum Gasteiger partial charge on any atom is -0.463 e.